The highest BCUT2D eigenvalue weighted by Gasteiger charge is 2.21. The third-order valence-electron chi connectivity index (χ3n) is 3.18. The fourth-order valence-electron chi connectivity index (χ4n) is 2.04. The van der Waals surface area contributed by atoms with Crippen LogP contribution in [-0.4, -0.2) is 5.11 Å². The van der Waals surface area contributed by atoms with Crippen LogP contribution in [0, 0.1) is 0 Å². The van der Waals surface area contributed by atoms with E-state index >= 15 is 0 Å². The number of phenols is 1. The average Bonchev–Trinajstić information content (AvgIpc) is 2.58. The second kappa shape index (κ2) is 7.63. The van der Waals surface area contributed by atoms with E-state index in [1.165, 1.54) is 12.1 Å². The number of ether oxygens (including phenoxy) is 2. The lowest BCUT2D eigenvalue weighted by Gasteiger charge is -2.16. The first-order valence-corrected chi connectivity index (χ1v) is 8.53. The van der Waals surface area contributed by atoms with Crippen molar-refractivity contribution in [3.63, 3.8) is 0 Å². The third-order valence-corrected chi connectivity index (χ3v) is 4.48. The molecule has 0 aliphatic rings. The van der Waals surface area contributed by atoms with Crippen molar-refractivity contribution in [1.82, 2.24) is 0 Å². The van der Waals surface area contributed by atoms with Gasteiger partial charge < -0.3 is 14.6 Å². The summed E-state index contributed by atoms with van der Waals surface area (Å²) in [6.07, 6.45) is 0. The summed E-state index contributed by atoms with van der Waals surface area (Å²) in [5, 5.41) is 11.2. The molecule has 0 fully saturated rings. The summed E-state index contributed by atoms with van der Waals surface area (Å²) in [5.41, 5.74) is 0. The number of hydrogen-bond donors (Lipinski definition) is 1. The summed E-state index contributed by atoms with van der Waals surface area (Å²) in [4.78, 5) is 0. The molecule has 0 aliphatic carbocycles. The van der Waals surface area contributed by atoms with Crippen molar-refractivity contribution in [2.24, 2.45) is 0 Å². The number of halogens is 4. The summed E-state index contributed by atoms with van der Waals surface area (Å²) < 4.78 is 11.5. The Morgan fingerprint density at radius 3 is 2.12 bits per heavy atom. The van der Waals surface area contributed by atoms with Crippen molar-refractivity contribution < 1.29 is 14.6 Å². The van der Waals surface area contributed by atoms with E-state index in [2.05, 4.69) is 0 Å². The smallest absolute Gasteiger partial charge is 0.213 e. The highest BCUT2D eigenvalue weighted by atomic mass is 35.5. The van der Waals surface area contributed by atoms with E-state index in [1.54, 1.807) is 36.4 Å². The van der Waals surface area contributed by atoms with Crippen LogP contribution < -0.4 is 9.47 Å². The fourth-order valence-corrected chi connectivity index (χ4v) is 2.85. The van der Waals surface area contributed by atoms with E-state index in [0.29, 0.717) is 10.8 Å². The Bertz CT molecular complexity index is 914. The number of rotatable bonds is 4. The minimum absolute atomic E-state index is 0.0116. The van der Waals surface area contributed by atoms with Crippen LogP contribution in [0.5, 0.6) is 28.7 Å². The number of hydrogen-bond acceptors (Lipinski definition) is 3. The van der Waals surface area contributed by atoms with Crippen molar-refractivity contribution in [3.05, 3.63) is 74.7 Å². The minimum atomic E-state index is -0.244. The van der Waals surface area contributed by atoms with Gasteiger partial charge in [-0.3, -0.25) is 0 Å². The largest absolute Gasteiger partial charge is 0.504 e. The van der Waals surface area contributed by atoms with Gasteiger partial charge in [-0.15, -0.1) is 0 Å². The molecule has 3 rings (SSSR count). The van der Waals surface area contributed by atoms with Gasteiger partial charge in [0.15, 0.2) is 11.5 Å². The van der Waals surface area contributed by atoms with Crippen LogP contribution >= 0.6 is 46.4 Å². The minimum Gasteiger partial charge on any atom is -0.504 e. The molecule has 0 radical (unpaired) electrons. The van der Waals surface area contributed by atoms with Gasteiger partial charge in [0.1, 0.15) is 16.5 Å². The molecule has 7 heteroatoms. The maximum atomic E-state index is 10.3. The van der Waals surface area contributed by atoms with Gasteiger partial charge in [-0.1, -0.05) is 64.6 Å². The van der Waals surface area contributed by atoms with Crippen LogP contribution in [0.3, 0.4) is 0 Å². The van der Waals surface area contributed by atoms with Crippen LogP contribution in [0.15, 0.2) is 54.6 Å². The molecule has 0 spiro atoms. The zero-order chi connectivity index (χ0) is 18.0. The molecule has 0 amide bonds. The van der Waals surface area contributed by atoms with E-state index in [9.17, 15) is 5.11 Å². The van der Waals surface area contributed by atoms with Crippen LogP contribution in [0.4, 0.5) is 0 Å². The molecule has 128 valence electrons. The van der Waals surface area contributed by atoms with E-state index in [4.69, 9.17) is 55.9 Å². The second-order valence-corrected chi connectivity index (χ2v) is 6.57. The van der Waals surface area contributed by atoms with Gasteiger partial charge in [-0.2, -0.15) is 0 Å². The number of para-hydroxylation sites is 1. The fraction of sp³-hybridized carbons (Fsp3) is 0. The molecule has 0 aliphatic heterocycles. The predicted molar refractivity (Wildman–Crippen MR) is 101 cm³/mol. The molecule has 3 nitrogen and oxygen atoms in total. The highest BCUT2D eigenvalue weighted by Crippen LogP contribution is 2.50. The molecule has 0 unspecified atom stereocenters. The molecule has 0 aromatic heterocycles. The number of benzene rings is 3. The molecule has 3 aromatic rings. The quantitative estimate of drug-likeness (QED) is 0.476. The predicted octanol–water partition coefficient (Wildman–Crippen LogP) is 7.59. The van der Waals surface area contributed by atoms with E-state index < -0.39 is 0 Å². The SMILES string of the molecule is Oc1cc(Cl)c(Cl)c(Oc2ccccc2)c1Oc1ccc(Cl)cc1Cl. The average molecular weight is 416 g/mol. The Hall–Kier alpha value is -1.78. The molecular formula is C18H10Cl4O3. The maximum absolute atomic E-state index is 10.3. The van der Waals surface area contributed by atoms with Crippen molar-refractivity contribution in [2.75, 3.05) is 0 Å². The molecule has 25 heavy (non-hydrogen) atoms. The molecule has 0 saturated carbocycles. The monoisotopic (exact) mass is 414 g/mol. The summed E-state index contributed by atoms with van der Waals surface area (Å²) in [5.74, 6) is 0.591. The maximum Gasteiger partial charge on any atom is 0.213 e. The standard InChI is InChI=1S/C18H10Cl4O3/c19-10-6-7-15(12(20)8-10)25-17-14(23)9-13(21)16(22)18(17)24-11-4-2-1-3-5-11/h1-9,23H. The lowest BCUT2D eigenvalue weighted by Crippen LogP contribution is -1.93. The lowest BCUT2D eigenvalue weighted by molar-refractivity contribution is 0.381. The highest BCUT2D eigenvalue weighted by molar-refractivity contribution is 6.43. The van der Waals surface area contributed by atoms with Gasteiger partial charge in [0.05, 0.1) is 10.0 Å². The van der Waals surface area contributed by atoms with Crippen molar-refractivity contribution in [3.8, 4) is 28.7 Å². The van der Waals surface area contributed by atoms with Gasteiger partial charge in [0.25, 0.3) is 0 Å². The molecule has 0 bridgehead atoms. The Morgan fingerprint density at radius 1 is 0.720 bits per heavy atom. The van der Waals surface area contributed by atoms with E-state index in [1.807, 2.05) is 6.07 Å². The molecule has 3 aromatic carbocycles. The van der Waals surface area contributed by atoms with Gasteiger partial charge in [-0.25, -0.2) is 0 Å². The zero-order valence-corrected chi connectivity index (χ0v) is 15.5. The number of phenolic OH excluding ortho intramolecular Hbond substituents is 1. The second-order valence-electron chi connectivity index (χ2n) is 4.94. The molecule has 0 saturated heterocycles. The summed E-state index contributed by atoms with van der Waals surface area (Å²) in [6.45, 7) is 0. The van der Waals surface area contributed by atoms with Crippen molar-refractivity contribution in [2.45, 2.75) is 0 Å². The van der Waals surface area contributed by atoms with Crippen LogP contribution in [-0.2, 0) is 0 Å². The lowest BCUT2D eigenvalue weighted by atomic mass is 10.2. The van der Waals surface area contributed by atoms with Gasteiger partial charge >= 0.3 is 0 Å². The van der Waals surface area contributed by atoms with E-state index in [-0.39, 0.29) is 38.1 Å². The summed E-state index contributed by atoms with van der Waals surface area (Å²) in [7, 11) is 0. The Kier molecular flexibility index (Phi) is 5.50. The van der Waals surface area contributed by atoms with Crippen LogP contribution in [0.2, 0.25) is 20.1 Å². The molecular weight excluding hydrogens is 406 g/mol. The van der Waals surface area contributed by atoms with Gasteiger partial charge in [0, 0.05) is 11.1 Å². The van der Waals surface area contributed by atoms with Crippen molar-refractivity contribution in [1.29, 1.82) is 0 Å². The Labute approximate surface area is 164 Å². The topological polar surface area (TPSA) is 38.7 Å². The Balaban J connectivity index is 2.07. The summed E-state index contributed by atoms with van der Waals surface area (Å²) in [6, 6.07) is 14.9. The first-order valence-electron chi connectivity index (χ1n) is 7.02. The zero-order valence-electron chi connectivity index (χ0n) is 12.5. The Morgan fingerprint density at radius 2 is 1.44 bits per heavy atom. The first kappa shape index (κ1) is 18.0. The van der Waals surface area contributed by atoms with Crippen LogP contribution in [0.1, 0.15) is 0 Å². The van der Waals surface area contributed by atoms with Gasteiger partial charge in [-0.05, 0) is 30.3 Å². The van der Waals surface area contributed by atoms with Gasteiger partial charge in [0.2, 0.25) is 5.75 Å². The normalized spacial score (nSPS) is 10.6. The van der Waals surface area contributed by atoms with E-state index in [0.717, 1.165) is 0 Å². The summed E-state index contributed by atoms with van der Waals surface area (Å²) >= 11 is 24.3. The molecule has 1 N–H and O–H groups in total. The first-order chi connectivity index (χ1) is 12.0. The van der Waals surface area contributed by atoms with Crippen LogP contribution in [0.25, 0.3) is 0 Å². The molecule has 0 heterocycles. The third kappa shape index (κ3) is 4.07. The van der Waals surface area contributed by atoms with Crippen molar-refractivity contribution >= 4 is 46.4 Å². The molecule has 0 atom stereocenters. The number of aromatic hydroxyl groups is 1.